The van der Waals surface area contributed by atoms with Gasteiger partial charge < -0.3 is 34.6 Å². The van der Waals surface area contributed by atoms with Crippen molar-refractivity contribution >= 4 is 52.1 Å². The minimum absolute atomic E-state index is 0.0309. The van der Waals surface area contributed by atoms with E-state index in [-0.39, 0.29) is 76.6 Å². The van der Waals surface area contributed by atoms with Gasteiger partial charge in [0.05, 0.1) is 22.7 Å². The second kappa shape index (κ2) is 22.4. The highest BCUT2D eigenvalue weighted by atomic mass is 35.5. The maximum absolute atomic E-state index is 16.8. The number of nitrogens with one attached hydrogen (secondary N) is 3. The summed E-state index contributed by atoms with van der Waals surface area (Å²) in [6, 6.07) is 19.9. The second-order valence-corrected chi connectivity index (χ2v) is 21.9. The van der Waals surface area contributed by atoms with Gasteiger partial charge in [0.1, 0.15) is 18.2 Å². The molecule has 4 aromatic carbocycles. The van der Waals surface area contributed by atoms with Crippen LogP contribution in [0.3, 0.4) is 0 Å². The Balaban J connectivity index is 0.743. The van der Waals surface area contributed by atoms with Crippen LogP contribution in [0.2, 0.25) is 5.02 Å². The topological polar surface area (TPSA) is 160 Å². The summed E-state index contributed by atoms with van der Waals surface area (Å²) in [6.45, 7) is 9.80. The highest BCUT2D eigenvalue weighted by molar-refractivity contribution is 6.34. The number of urea groups is 1. The molecule has 3 saturated heterocycles. The van der Waals surface area contributed by atoms with Gasteiger partial charge in [-0.15, -0.1) is 0 Å². The quantitative estimate of drug-likeness (QED) is 0.0865. The Morgan fingerprint density at radius 3 is 2.39 bits per heavy atom. The zero-order chi connectivity index (χ0) is 53.4. The van der Waals surface area contributed by atoms with Gasteiger partial charge in [0, 0.05) is 113 Å². The summed E-state index contributed by atoms with van der Waals surface area (Å²) in [7, 11) is 4.85. The average molecular weight is 1060 g/mol. The van der Waals surface area contributed by atoms with Gasteiger partial charge in [0.25, 0.3) is 5.91 Å². The van der Waals surface area contributed by atoms with Crippen LogP contribution < -0.4 is 30.3 Å². The van der Waals surface area contributed by atoms with Crippen LogP contribution >= 0.6 is 11.6 Å². The van der Waals surface area contributed by atoms with E-state index in [1.807, 2.05) is 49.0 Å². The largest absolute Gasteiger partial charge is 0.488 e. The number of aryl methyl sites for hydroxylation is 1. The zero-order valence-corrected chi connectivity index (χ0v) is 44.8. The molecule has 5 heterocycles. The van der Waals surface area contributed by atoms with Crippen LogP contribution in [-0.4, -0.2) is 123 Å². The van der Waals surface area contributed by atoms with E-state index in [0.29, 0.717) is 42.2 Å². The predicted molar refractivity (Wildman–Crippen MR) is 287 cm³/mol. The minimum atomic E-state index is -1.07. The van der Waals surface area contributed by atoms with Crippen LogP contribution in [0, 0.1) is 29.4 Å². The highest BCUT2D eigenvalue weighted by Gasteiger charge is 2.50. The summed E-state index contributed by atoms with van der Waals surface area (Å²) >= 11 is 6.84. The standard InChI is InChI=1S/C58H69ClF2N8O7/c1-34-31-67(23-21-41(34)38-13-16-42-45(29-38)66(4)65-54(42)69-26-22-48(70)64-57(69)73)32-36-19-24-68(25-20-36)56(72)37-11-14-40(15-12-37)63-33-58(39-9-7-6-8-10-39)35(2)49-47(76-58)30-44(60)52(59)51(49)50-43(55(71)62-3)17-18-46(53(50)61)75-28-27-74-5/h6-10,13,16-18,29-30,34-37,40-41,63H,11-12,14-15,19-28,31-33H2,1-5H3,(H,62,71)(H,64,70,73). The van der Waals surface area contributed by atoms with E-state index >= 15 is 8.78 Å². The first-order chi connectivity index (χ1) is 36.7. The van der Waals surface area contributed by atoms with Crippen LogP contribution in [0.15, 0.2) is 66.7 Å². The molecule has 76 heavy (non-hydrogen) atoms. The van der Waals surface area contributed by atoms with E-state index in [1.165, 1.54) is 37.9 Å². The Morgan fingerprint density at radius 2 is 1.68 bits per heavy atom. The normalized spacial score (nSPS) is 24.3. The van der Waals surface area contributed by atoms with Crippen molar-refractivity contribution in [3.8, 4) is 22.6 Å². The molecule has 5 aliphatic rings. The molecule has 3 N–H and O–H groups in total. The number of carbonyl (C=O) groups is 4. The van der Waals surface area contributed by atoms with Gasteiger partial charge in [-0.1, -0.05) is 61.8 Å². The molecule has 0 bridgehead atoms. The fourth-order valence-corrected chi connectivity index (χ4v) is 13.1. The van der Waals surface area contributed by atoms with E-state index in [9.17, 15) is 19.2 Å². The van der Waals surface area contributed by atoms with Crippen molar-refractivity contribution in [3.05, 3.63) is 106 Å². The number of ether oxygens (including phenoxy) is 3. The van der Waals surface area contributed by atoms with Gasteiger partial charge in [-0.3, -0.25) is 29.3 Å². The first kappa shape index (κ1) is 53.3. The first-order valence-electron chi connectivity index (χ1n) is 26.9. The number of benzene rings is 4. The summed E-state index contributed by atoms with van der Waals surface area (Å²) in [6.07, 6.45) is 6.41. The second-order valence-electron chi connectivity index (χ2n) is 21.6. The average Bonchev–Trinajstić information content (AvgIpc) is 3.97. The van der Waals surface area contributed by atoms with Gasteiger partial charge >= 0.3 is 6.03 Å². The van der Waals surface area contributed by atoms with Gasteiger partial charge in [-0.25, -0.2) is 13.6 Å². The van der Waals surface area contributed by atoms with Crippen molar-refractivity contribution in [2.75, 3.05) is 78.1 Å². The molecule has 10 rings (SSSR count). The number of hydrogen-bond acceptors (Lipinski definition) is 10. The molecule has 1 saturated carbocycles. The molecule has 5 amide bonds. The van der Waals surface area contributed by atoms with Crippen molar-refractivity contribution in [3.63, 3.8) is 0 Å². The smallest absolute Gasteiger partial charge is 0.329 e. The lowest BCUT2D eigenvalue weighted by Crippen LogP contribution is -2.49. The maximum atomic E-state index is 16.8. The summed E-state index contributed by atoms with van der Waals surface area (Å²) in [5, 5.41) is 14.0. The number of fused-ring (bicyclic) bond motifs is 2. The number of nitrogens with zero attached hydrogens (tertiary/aromatic N) is 5. The number of methoxy groups -OCH3 is 1. The van der Waals surface area contributed by atoms with Crippen LogP contribution in [0.5, 0.6) is 11.5 Å². The first-order valence-corrected chi connectivity index (χ1v) is 27.3. The molecular weight excluding hydrogens is 994 g/mol. The minimum Gasteiger partial charge on any atom is -0.488 e. The number of rotatable bonds is 15. The number of aromatic nitrogens is 2. The predicted octanol–water partition coefficient (Wildman–Crippen LogP) is 8.91. The van der Waals surface area contributed by atoms with Gasteiger partial charge in [-0.05, 0) is 105 Å². The summed E-state index contributed by atoms with van der Waals surface area (Å²) < 4.78 is 52.4. The molecule has 1 aromatic heterocycles. The molecule has 4 aliphatic heterocycles. The fraction of sp³-hybridized carbons (Fsp3) is 0.500. The molecular formula is C58H69ClF2N8O7. The number of imide groups is 1. The Kier molecular flexibility index (Phi) is 15.7. The van der Waals surface area contributed by atoms with Crippen molar-refractivity contribution in [2.45, 2.75) is 88.7 Å². The molecule has 404 valence electrons. The van der Waals surface area contributed by atoms with E-state index in [4.69, 9.17) is 25.8 Å². The molecule has 0 radical (unpaired) electrons. The molecule has 4 fully saturated rings. The lowest BCUT2D eigenvalue weighted by molar-refractivity contribution is -0.138. The van der Waals surface area contributed by atoms with Gasteiger partial charge in [-0.2, -0.15) is 5.10 Å². The number of carbonyl (C=O) groups excluding carboxylic acids is 4. The van der Waals surface area contributed by atoms with E-state index in [2.05, 4.69) is 56.0 Å². The van der Waals surface area contributed by atoms with E-state index < -0.39 is 35.1 Å². The van der Waals surface area contributed by atoms with Crippen LogP contribution in [0.25, 0.3) is 22.0 Å². The van der Waals surface area contributed by atoms with Crippen LogP contribution in [-0.2, 0) is 27.0 Å². The molecule has 5 aromatic rings. The number of anilines is 1. The lowest BCUT2D eigenvalue weighted by atomic mass is 9.77. The Bertz CT molecular complexity index is 3000. The summed E-state index contributed by atoms with van der Waals surface area (Å²) in [5.41, 5.74) is 2.32. The fourth-order valence-electron chi connectivity index (χ4n) is 12.8. The van der Waals surface area contributed by atoms with Crippen molar-refractivity contribution in [2.24, 2.45) is 24.8 Å². The summed E-state index contributed by atoms with van der Waals surface area (Å²) in [5.74, 6) is -0.754. The third kappa shape index (κ3) is 10.3. The molecule has 1 aliphatic carbocycles. The number of likely N-dealkylation sites (tertiary alicyclic amines) is 2. The molecule has 15 nitrogen and oxygen atoms in total. The number of piperidine rings is 2. The van der Waals surface area contributed by atoms with E-state index in [0.717, 1.165) is 94.1 Å². The van der Waals surface area contributed by atoms with Gasteiger partial charge in [0.15, 0.2) is 23.0 Å². The highest BCUT2D eigenvalue weighted by Crippen LogP contribution is 2.57. The third-order valence-electron chi connectivity index (χ3n) is 17.0. The molecule has 4 atom stereocenters. The number of halogens is 3. The number of amides is 5. The van der Waals surface area contributed by atoms with Gasteiger partial charge in [0.2, 0.25) is 11.8 Å². The zero-order valence-electron chi connectivity index (χ0n) is 44.1. The van der Waals surface area contributed by atoms with Crippen molar-refractivity contribution in [1.29, 1.82) is 0 Å². The lowest BCUT2D eigenvalue weighted by Gasteiger charge is -2.41. The van der Waals surface area contributed by atoms with Crippen molar-refractivity contribution in [1.82, 2.24) is 35.5 Å². The SMILES string of the molecule is CNC(=O)c1ccc(OCCOC)c(F)c1-c1c(Cl)c(F)cc2c1C(C)C(CNC1CCC(C(=O)N3CCC(CN4CCC(c5ccc6c(N7CCC(=O)NC7=O)nn(C)c6c5)C(C)C4)CC3)CC1)(c1ccccc1)O2. The Hall–Kier alpha value is -6.14. The van der Waals surface area contributed by atoms with E-state index in [1.54, 1.807) is 4.90 Å². The molecule has 18 heteroatoms. The van der Waals surface area contributed by atoms with Crippen LogP contribution in [0.1, 0.15) is 104 Å². The maximum Gasteiger partial charge on any atom is 0.329 e. The van der Waals surface area contributed by atoms with Crippen LogP contribution in [0.4, 0.5) is 19.4 Å². The third-order valence-corrected chi connectivity index (χ3v) is 17.4. The molecule has 4 unspecified atom stereocenters. The number of hydrogen-bond donors (Lipinski definition) is 3. The van der Waals surface area contributed by atoms with Crippen molar-refractivity contribution < 1.29 is 42.2 Å². The monoisotopic (exact) mass is 1060 g/mol. The summed E-state index contributed by atoms with van der Waals surface area (Å²) in [4.78, 5) is 58.1. The molecule has 0 spiro atoms. The Morgan fingerprint density at radius 1 is 0.921 bits per heavy atom. The Labute approximate surface area is 447 Å².